The van der Waals surface area contributed by atoms with Gasteiger partial charge in [0.25, 0.3) is 5.91 Å². The molecule has 1 unspecified atom stereocenters. The molecule has 1 aliphatic rings. The number of alkyl halides is 1. The van der Waals surface area contributed by atoms with Crippen LogP contribution in [0.4, 0.5) is 0 Å². The number of rotatable bonds is 3. The summed E-state index contributed by atoms with van der Waals surface area (Å²) in [6, 6.07) is 6.80. The largest absolute Gasteiger partial charge is 0.497 e. The quantitative estimate of drug-likeness (QED) is 0.648. The first-order valence-electron chi connectivity index (χ1n) is 5.40. The molecule has 4 nitrogen and oxygen atoms in total. The predicted octanol–water partition coefficient (Wildman–Crippen LogP) is 1.99. The lowest BCUT2D eigenvalue weighted by atomic mass is 10.2. The zero-order chi connectivity index (χ0) is 13.0. The molecule has 0 radical (unpaired) electrons. The number of ether oxygens (including phenoxy) is 1. The molecule has 0 saturated carbocycles. The molecular weight excluding hydrogens is 252 g/mol. The molecule has 0 saturated heterocycles. The maximum atomic E-state index is 12.0. The van der Waals surface area contributed by atoms with Gasteiger partial charge in [0.1, 0.15) is 5.75 Å². The number of dihydropyridines is 1. The molecule has 2 rings (SSSR count). The lowest BCUT2D eigenvalue weighted by Crippen LogP contribution is -2.51. The molecular formula is C13H13ClN2O2. The van der Waals surface area contributed by atoms with Gasteiger partial charge >= 0.3 is 0 Å². The first-order chi connectivity index (χ1) is 8.63. The van der Waals surface area contributed by atoms with Crippen LogP contribution < -0.4 is 15.4 Å². The number of methoxy groups -OCH3 is 1. The van der Waals surface area contributed by atoms with Crippen molar-refractivity contribution in [2.45, 2.75) is 5.12 Å². The van der Waals surface area contributed by atoms with E-state index < -0.39 is 5.12 Å². The number of halogens is 1. The number of amides is 1. The van der Waals surface area contributed by atoms with Gasteiger partial charge in [0.05, 0.1) is 7.11 Å². The second-order valence-electron chi connectivity index (χ2n) is 3.76. The summed E-state index contributed by atoms with van der Waals surface area (Å²) in [5.41, 5.74) is 0.514. The van der Waals surface area contributed by atoms with Gasteiger partial charge in [0.15, 0.2) is 0 Å². The number of nitrogens with one attached hydrogen (secondary N) is 2. The van der Waals surface area contributed by atoms with Crippen molar-refractivity contribution in [1.82, 2.24) is 10.6 Å². The Bertz CT molecular complexity index is 496. The number of hydrogen-bond donors (Lipinski definition) is 2. The van der Waals surface area contributed by atoms with E-state index in [0.717, 1.165) is 0 Å². The highest BCUT2D eigenvalue weighted by molar-refractivity contribution is 6.26. The first-order valence-corrected chi connectivity index (χ1v) is 5.78. The van der Waals surface area contributed by atoms with Crippen molar-refractivity contribution in [3.05, 3.63) is 54.3 Å². The minimum Gasteiger partial charge on any atom is -0.497 e. The number of carbonyl (C=O) groups excluding carboxylic acids is 1. The van der Waals surface area contributed by atoms with Crippen LogP contribution in [0.15, 0.2) is 48.7 Å². The Kier molecular flexibility index (Phi) is 3.58. The standard InChI is InChI=1S/C13H13ClN2O2/c1-18-11-6-4-10(5-7-11)12(17)16-13(14)8-2-3-9-15-13/h2-9,15H,1H3,(H,16,17). The fourth-order valence-electron chi connectivity index (χ4n) is 1.52. The number of allylic oxidation sites excluding steroid dienone is 2. The van der Waals surface area contributed by atoms with Gasteiger partial charge in [0, 0.05) is 5.56 Å². The van der Waals surface area contributed by atoms with E-state index in [-0.39, 0.29) is 5.91 Å². The average Bonchev–Trinajstić information content (AvgIpc) is 2.39. The highest BCUT2D eigenvalue weighted by Crippen LogP contribution is 2.15. The van der Waals surface area contributed by atoms with Crippen molar-refractivity contribution >= 4 is 17.5 Å². The van der Waals surface area contributed by atoms with Gasteiger partial charge in [0.2, 0.25) is 5.12 Å². The Hall–Kier alpha value is -1.94. The van der Waals surface area contributed by atoms with E-state index in [1.165, 1.54) is 0 Å². The van der Waals surface area contributed by atoms with Gasteiger partial charge in [-0.3, -0.25) is 4.79 Å². The van der Waals surface area contributed by atoms with Gasteiger partial charge in [-0.05, 0) is 42.6 Å². The third-order valence-electron chi connectivity index (χ3n) is 2.47. The highest BCUT2D eigenvalue weighted by Gasteiger charge is 2.25. The highest BCUT2D eigenvalue weighted by atomic mass is 35.5. The van der Waals surface area contributed by atoms with E-state index in [9.17, 15) is 4.79 Å². The minimum atomic E-state index is -1.08. The molecule has 1 heterocycles. The zero-order valence-corrected chi connectivity index (χ0v) is 10.6. The molecule has 94 valence electrons. The Morgan fingerprint density at radius 3 is 2.61 bits per heavy atom. The summed E-state index contributed by atoms with van der Waals surface area (Å²) >= 11 is 6.17. The van der Waals surface area contributed by atoms with Gasteiger partial charge in [-0.25, -0.2) is 0 Å². The normalized spacial score (nSPS) is 21.2. The molecule has 1 aromatic rings. The van der Waals surface area contributed by atoms with Crippen LogP contribution >= 0.6 is 11.6 Å². The van der Waals surface area contributed by atoms with Crippen LogP contribution in [0.25, 0.3) is 0 Å². The van der Waals surface area contributed by atoms with Crippen molar-refractivity contribution in [3.63, 3.8) is 0 Å². The molecule has 2 N–H and O–H groups in total. The first kappa shape index (κ1) is 12.5. The van der Waals surface area contributed by atoms with Gasteiger partial charge in [-0.1, -0.05) is 17.7 Å². The smallest absolute Gasteiger partial charge is 0.254 e. The van der Waals surface area contributed by atoms with Crippen LogP contribution in [-0.4, -0.2) is 18.1 Å². The third-order valence-corrected chi connectivity index (χ3v) is 2.80. The van der Waals surface area contributed by atoms with E-state index in [1.54, 1.807) is 55.8 Å². The number of benzene rings is 1. The summed E-state index contributed by atoms with van der Waals surface area (Å²) in [5, 5.41) is 4.47. The second kappa shape index (κ2) is 5.14. The molecule has 0 aromatic heterocycles. The summed E-state index contributed by atoms with van der Waals surface area (Å²) in [7, 11) is 1.58. The molecule has 5 heteroatoms. The van der Waals surface area contributed by atoms with Crippen LogP contribution in [-0.2, 0) is 0 Å². The van der Waals surface area contributed by atoms with Crippen LogP contribution in [0.1, 0.15) is 10.4 Å². The lowest BCUT2D eigenvalue weighted by molar-refractivity contribution is 0.0932. The van der Waals surface area contributed by atoms with E-state index >= 15 is 0 Å². The van der Waals surface area contributed by atoms with Crippen molar-refractivity contribution in [2.75, 3.05) is 7.11 Å². The van der Waals surface area contributed by atoms with Crippen molar-refractivity contribution in [3.8, 4) is 5.75 Å². The van der Waals surface area contributed by atoms with E-state index in [4.69, 9.17) is 16.3 Å². The van der Waals surface area contributed by atoms with Crippen molar-refractivity contribution in [1.29, 1.82) is 0 Å². The third kappa shape index (κ3) is 2.84. The van der Waals surface area contributed by atoms with Gasteiger partial charge in [-0.2, -0.15) is 0 Å². The molecule has 18 heavy (non-hydrogen) atoms. The van der Waals surface area contributed by atoms with Crippen LogP contribution in [0.5, 0.6) is 5.75 Å². The van der Waals surface area contributed by atoms with E-state index in [0.29, 0.717) is 11.3 Å². The summed E-state index contributed by atoms with van der Waals surface area (Å²) in [5.74, 6) is 0.436. The maximum absolute atomic E-state index is 12.0. The molecule has 1 aliphatic heterocycles. The summed E-state index contributed by atoms with van der Waals surface area (Å²) in [6.07, 6.45) is 6.88. The average molecular weight is 265 g/mol. The molecule has 1 amide bonds. The van der Waals surface area contributed by atoms with E-state index in [1.807, 2.05) is 0 Å². The zero-order valence-electron chi connectivity index (χ0n) is 9.81. The topological polar surface area (TPSA) is 50.4 Å². The van der Waals surface area contributed by atoms with E-state index in [2.05, 4.69) is 10.6 Å². The Morgan fingerprint density at radius 1 is 1.33 bits per heavy atom. The molecule has 1 aromatic carbocycles. The Balaban J connectivity index is 2.07. The number of carbonyl (C=O) groups is 1. The maximum Gasteiger partial charge on any atom is 0.254 e. The predicted molar refractivity (Wildman–Crippen MR) is 70.5 cm³/mol. The summed E-state index contributed by atoms with van der Waals surface area (Å²) < 4.78 is 5.03. The van der Waals surface area contributed by atoms with Crippen LogP contribution in [0.2, 0.25) is 0 Å². The molecule has 0 aliphatic carbocycles. The summed E-state index contributed by atoms with van der Waals surface area (Å²) in [6.45, 7) is 0. The SMILES string of the molecule is COc1ccc(C(=O)NC2(Cl)C=CC=CN2)cc1. The second-order valence-corrected chi connectivity index (χ2v) is 4.35. The molecule has 0 bridgehead atoms. The van der Waals surface area contributed by atoms with Crippen molar-refractivity contribution in [2.24, 2.45) is 0 Å². The fourth-order valence-corrected chi connectivity index (χ4v) is 1.74. The summed E-state index contributed by atoms with van der Waals surface area (Å²) in [4.78, 5) is 12.0. The Morgan fingerprint density at radius 2 is 2.06 bits per heavy atom. The monoisotopic (exact) mass is 264 g/mol. The van der Waals surface area contributed by atoms with Gasteiger partial charge in [-0.15, -0.1) is 0 Å². The van der Waals surface area contributed by atoms with Crippen molar-refractivity contribution < 1.29 is 9.53 Å². The lowest BCUT2D eigenvalue weighted by Gasteiger charge is -2.26. The van der Waals surface area contributed by atoms with Gasteiger partial charge < -0.3 is 15.4 Å². The fraction of sp³-hybridized carbons (Fsp3) is 0.154. The number of hydrogen-bond acceptors (Lipinski definition) is 3. The van der Waals surface area contributed by atoms with Crippen LogP contribution in [0.3, 0.4) is 0 Å². The molecule has 1 atom stereocenters. The minimum absolute atomic E-state index is 0.264. The molecule has 0 fully saturated rings. The molecule has 0 spiro atoms. The van der Waals surface area contributed by atoms with Crippen LogP contribution in [0, 0.1) is 0 Å². The Labute approximate surface area is 110 Å².